The van der Waals surface area contributed by atoms with Gasteiger partial charge in [-0.2, -0.15) is 0 Å². The summed E-state index contributed by atoms with van der Waals surface area (Å²) in [5, 5.41) is 3.25. The fourth-order valence-corrected chi connectivity index (χ4v) is 3.17. The van der Waals surface area contributed by atoms with Gasteiger partial charge in [-0.05, 0) is 40.5 Å². The van der Waals surface area contributed by atoms with E-state index in [0.29, 0.717) is 20.6 Å². The largest absolute Gasteiger partial charge is 0.366 e. The number of amides is 2. The first-order valence-corrected chi connectivity index (χ1v) is 7.62. The molecule has 0 saturated carbocycles. The molecule has 0 atom stereocenters. The van der Waals surface area contributed by atoms with Gasteiger partial charge in [0.15, 0.2) is 0 Å². The molecule has 0 aliphatic heterocycles. The molecular formula is C14H13BrN2O2S. The Bertz CT molecular complexity index is 667. The van der Waals surface area contributed by atoms with Crippen LogP contribution < -0.4 is 11.1 Å². The van der Waals surface area contributed by atoms with Crippen molar-refractivity contribution in [3.05, 3.63) is 50.8 Å². The predicted molar refractivity (Wildman–Crippen MR) is 84.3 cm³/mol. The molecule has 1 aromatic heterocycles. The molecule has 0 bridgehead atoms. The Balaban J connectivity index is 2.30. The molecule has 1 heterocycles. The summed E-state index contributed by atoms with van der Waals surface area (Å²) in [7, 11) is 0. The van der Waals surface area contributed by atoms with Gasteiger partial charge in [0, 0.05) is 9.35 Å². The Hall–Kier alpha value is -1.66. The number of aryl methyl sites for hydroxylation is 1. The van der Waals surface area contributed by atoms with Crippen LogP contribution in [0.4, 0.5) is 5.00 Å². The average Bonchev–Trinajstić information content (AvgIpc) is 2.82. The van der Waals surface area contributed by atoms with E-state index in [9.17, 15) is 9.59 Å². The summed E-state index contributed by atoms with van der Waals surface area (Å²) in [4.78, 5) is 24.6. The van der Waals surface area contributed by atoms with E-state index in [1.54, 1.807) is 24.3 Å². The van der Waals surface area contributed by atoms with E-state index in [4.69, 9.17) is 5.73 Å². The van der Waals surface area contributed by atoms with Gasteiger partial charge in [0.05, 0.1) is 11.1 Å². The summed E-state index contributed by atoms with van der Waals surface area (Å²) in [5.74, 6) is -0.812. The van der Waals surface area contributed by atoms with Crippen molar-refractivity contribution in [2.75, 3.05) is 5.32 Å². The van der Waals surface area contributed by atoms with Gasteiger partial charge in [-0.25, -0.2) is 0 Å². The number of anilines is 1. The van der Waals surface area contributed by atoms with Gasteiger partial charge in [0.2, 0.25) is 0 Å². The average molecular weight is 353 g/mol. The molecule has 104 valence electrons. The van der Waals surface area contributed by atoms with Crippen molar-refractivity contribution in [1.29, 1.82) is 0 Å². The minimum atomic E-state index is -0.539. The van der Waals surface area contributed by atoms with Crippen LogP contribution in [-0.2, 0) is 6.42 Å². The number of thiophene rings is 1. The molecule has 3 N–H and O–H groups in total. The molecule has 4 nitrogen and oxygen atoms in total. The zero-order chi connectivity index (χ0) is 14.7. The number of carbonyl (C=O) groups is 2. The highest BCUT2D eigenvalue weighted by Gasteiger charge is 2.17. The highest BCUT2D eigenvalue weighted by Crippen LogP contribution is 2.29. The minimum absolute atomic E-state index is 0.274. The number of carbonyl (C=O) groups excluding carboxylic acids is 2. The lowest BCUT2D eigenvalue weighted by molar-refractivity contribution is 0.100. The van der Waals surface area contributed by atoms with E-state index in [1.807, 2.05) is 13.0 Å². The van der Waals surface area contributed by atoms with Crippen LogP contribution >= 0.6 is 27.3 Å². The summed E-state index contributed by atoms with van der Waals surface area (Å²) in [6.07, 6.45) is 0.788. The highest BCUT2D eigenvalue weighted by molar-refractivity contribution is 9.10. The van der Waals surface area contributed by atoms with Crippen LogP contribution in [0.25, 0.3) is 0 Å². The summed E-state index contributed by atoms with van der Waals surface area (Å²) < 4.78 is 0.699. The Labute approximate surface area is 129 Å². The Kier molecular flexibility index (Phi) is 4.57. The molecule has 0 radical (unpaired) electrons. The smallest absolute Gasteiger partial charge is 0.257 e. The first kappa shape index (κ1) is 14.7. The summed E-state index contributed by atoms with van der Waals surface area (Å²) >= 11 is 4.70. The number of benzene rings is 1. The third-order valence-electron chi connectivity index (χ3n) is 2.74. The van der Waals surface area contributed by atoms with Crippen molar-refractivity contribution < 1.29 is 9.59 Å². The second kappa shape index (κ2) is 6.19. The Morgan fingerprint density at radius 3 is 2.60 bits per heavy atom. The van der Waals surface area contributed by atoms with Crippen molar-refractivity contribution >= 4 is 44.1 Å². The second-order valence-corrected chi connectivity index (χ2v) is 6.10. The van der Waals surface area contributed by atoms with Crippen LogP contribution in [0.2, 0.25) is 0 Å². The van der Waals surface area contributed by atoms with Crippen LogP contribution in [0, 0.1) is 0 Å². The number of halogens is 1. The van der Waals surface area contributed by atoms with Gasteiger partial charge < -0.3 is 11.1 Å². The molecule has 0 unspecified atom stereocenters. The molecular weight excluding hydrogens is 340 g/mol. The monoisotopic (exact) mass is 352 g/mol. The van der Waals surface area contributed by atoms with Crippen LogP contribution in [0.1, 0.15) is 32.5 Å². The lowest BCUT2D eigenvalue weighted by Crippen LogP contribution is -2.16. The van der Waals surface area contributed by atoms with Crippen LogP contribution in [0.3, 0.4) is 0 Å². The first-order chi connectivity index (χ1) is 9.52. The quantitative estimate of drug-likeness (QED) is 0.884. The molecule has 0 aliphatic rings. The van der Waals surface area contributed by atoms with Gasteiger partial charge in [-0.3, -0.25) is 9.59 Å². The summed E-state index contributed by atoms with van der Waals surface area (Å²) in [5.41, 5.74) is 6.20. The van der Waals surface area contributed by atoms with Crippen molar-refractivity contribution in [3.8, 4) is 0 Å². The van der Waals surface area contributed by atoms with E-state index in [1.165, 1.54) is 11.3 Å². The van der Waals surface area contributed by atoms with E-state index in [-0.39, 0.29) is 5.91 Å². The summed E-state index contributed by atoms with van der Waals surface area (Å²) in [6, 6.07) is 8.83. The van der Waals surface area contributed by atoms with Crippen molar-refractivity contribution in [2.24, 2.45) is 5.73 Å². The molecule has 2 aromatic rings. The van der Waals surface area contributed by atoms with Gasteiger partial charge >= 0.3 is 0 Å². The minimum Gasteiger partial charge on any atom is -0.366 e. The van der Waals surface area contributed by atoms with Gasteiger partial charge in [-0.1, -0.05) is 19.1 Å². The maximum atomic E-state index is 12.2. The Morgan fingerprint density at radius 1 is 1.30 bits per heavy atom. The number of hydrogen-bond donors (Lipinski definition) is 2. The third-order valence-corrected chi connectivity index (χ3v) is 4.63. The van der Waals surface area contributed by atoms with E-state index >= 15 is 0 Å². The fourth-order valence-electron chi connectivity index (χ4n) is 1.71. The van der Waals surface area contributed by atoms with E-state index in [0.717, 1.165) is 11.3 Å². The normalized spacial score (nSPS) is 10.3. The first-order valence-electron chi connectivity index (χ1n) is 6.01. The lowest BCUT2D eigenvalue weighted by Gasteiger charge is -2.06. The van der Waals surface area contributed by atoms with Gasteiger partial charge in [0.25, 0.3) is 11.8 Å². The van der Waals surface area contributed by atoms with Crippen LogP contribution in [0.15, 0.2) is 34.8 Å². The van der Waals surface area contributed by atoms with Crippen LogP contribution in [0.5, 0.6) is 0 Å². The Morgan fingerprint density at radius 2 is 2.00 bits per heavy atom. The number of primary amides is 1. The SMILES string of the molecule is CCc1cc(C(N)=O)c(NC(=O)c2ccccc2Br)s1. The van der Waals surface area contributed by atoms with Crippen molar-refractivity contribution in [3.63, 3.8) is 0 Å². The molecule has 20 heavy (non-hydrogen) atoms. The molecule has 2 rings (SSSR count). The fraction of sp³-hybridized carbons (Fsp3) is 0.143. The van der Waals surface area contributed by atoms with E-state index in [2.05, 4.69) is 21.2 Å². The predicted octanol–water partition coefficient (Wildman–Crippen LogP) is 3.42. The van der Waals surface area contributed by atoms with Crippen molar-refractivity contribution in [2.45, 2.75) is 13.3 Å². The molecule has 0 saturated heterocycles. The van der Waals surface area contributed by atoms with Crippen LogP contribution in [-0.4, -0.2) is 11.8 Å². The zero-order valence-electron chi connectivity index (χ0n) is 10.8. The maximum Gasteiger partial charge on any atom is 0.257 e. The second-order valence-electron chi connectivity index (χ2n) is 4.11. The molecule has 1 aromatic carbocycles. The standard InChI is InChI=1S/C14H13BrN2O2S/c1-2-8-7-10(12(16)18)14(20-8)17-13(19)9-5-3-4-6-11(9)15/h3-7H,2H2,1H3,(H2,16,18)(H,17,19). The summed E-state index contributed by atoms with van der Waals surface area (Å²) in [6.45, 7) is 1.98. The lowest BCUT2D eigenvalue weighted by atomic mass is 10.2. The molecule has 0 aliphatic carbocycles. The van der Waals surface area contributed by atoms with Gasteiger partial charge in [-0.15, -0.1) is 11.3 Å². The number of hydrogen-bond acceptors (Lipinski definition) is 3. The van der Waals surface area contributed by atoms with Gasteiger partial charge in [0.1, 0.15) is 5.00 Å². The molecule has 6 heteroatoms. The molecule has 0 spiro atoms. The maximum absolute atomic E-state index is 12.2. The third kappa shape index (κ3) is 3.08. The zero-order valence-corrected chi connectivity index (χ0v) is 13.2. The molecule has 2 amide bonds. The topological polar surface area (TPSA) is 72.2 Å². The highest BCUT2D eigenvalue weighted by atomic mass is 79.9. The number of nitrogens with one attached hydrogen (secondary N) is 1. The van der Waals surface area contributed by atoms with E-state index < -0.39 is 5.91 Å². The number of nitrogens with two attached hydrogens (primary N) is 1. The number of rotatable bonds is 4. The van der Waals surface area contributed by atoms with Crippen molar-refractivity contribution in [1.82, 2.24) is 0 Å². The molecule has 0 fully saturated rings.